The molecule has 1 unspecified atom stereocenters. The molecule has 3 rings (SSSR count). The fourth-order valence-corrected chi connectivity index (χ4v) is 3.35. The number of nitrogens with one attached hydrogen (secondary N) is 1. The van der Waals surface area contributed by atoms with E-state index >= 15 is 0 Å². The Hall–Kier alpha value is -2.96. The van der Waals surface area contributed by atoms with Gasteiger partial charge in [-0.25, -0.2) is 4.79 Å². The Balaban J connectivity index is 1.81. The van der Waals surface area contributed by atoms with E-state index in [9.17, 15) is 14.7 Å². The molecular weight excluding hydrogens is 453 g/mol. The lowest BCUT2D eigenvalue weighted by atomic mass is 9.97. The molecule has 0 saturated carbocycles. The molecule has 32 heavy (non-hydrogen) atoms. The zero-order valence-electron chi connectivity index (χ0n) is 17.7. The summed E-state index contributed by atoms with van der Waals surface area (Å²) < 4.78 is 11.6. The molecule has 0 spiro atoms. The molecular formula is C24H23Cl2NO5. The number of rotatable bonds is 9. The highest BCUT2D eigenvalue weighted by molar-refractivity contribution is 6.42. The van der Waals surface area contributed by atoms with Gasteiger partial charge in [0, 0.05) is 11.5 Å². The Bertz CT molecular complexity index is 1150. The number of halogens is 2. The minimum atomic E-state index is -1.39. The number of aliphatic carboxylic acids is 1. The molecule has 1 amide bonds. The van der Waals surface area contributed by atoms with Gasteiger partial charge in [-0.15, -0.1) is 0 Å². The average Bonchev–Trinajstić information content (AvgIpc) is 2.78. The van der Waals surface area contributed by atoms with Gasteiger partial charge in [-0.05, 0) is 36.9 Å². The normalized spacial score (nSPS) is 12.8. The summed E-state index contributed by atoms with van der Waals surface area (Å²) in [5.41, 5.74) is -1.14. The first kappa shape index (κ1) is 23.7. The molecule has 0 aliphatic heterocycles. The third-order valence-corrected chi connectivity index (χ3v) is 5.92. The van der Waals surface area contributed by atoms with Crippen molar-refractivity contribution < 1.29 is 24.2 Å². The lowest BCUT2D eigenvalue weighted by Gasteiger charge is -2.25. The Morgan fingerprint density at radius 1 is 1.00 bits per heavy atom. The van der Waals surface area contributed by atoms with Gasteiger partial charge in [-0.3, -0.25) is 4.79 Å². The van der Waals surface area contributed by atoms with Gasteiger partial charge in [0.1, 0.15) is 30.3 Å². The van der Waals surface area contributed by atoms with Crippen molar-refractivity contribution in [1.29, 1.82) is 0 Å². The van der Waals surface area contributed by atoms with Crippen LogP contribution in [0.15, 0.2) is 54.6 Å². The maximum Gasteiger partial charge on any atom is 0.329 e. The smallest absolute Gasteiger partial charge is 0.329 e. The van der Waals surface area contributed by atoms with E-state index < -0.39 is 17.4 Å². The molecule has 168 valence electrons. The summed E-state index contributed by atoms with van der Waals surface area (Å²) in [6.07, 6.45) is 0.231. The molecule has 3 aromatic rings. The van der Waals surface area contributed by atoms with Crippen LogP contribution in [0.3, 0.4) is 0 Å². The van der Waals surface area contributed by atoms with Crippen LogP contribution in [-0.4, -0.2) is 35.7 Å². The highest BCUT2D eigenvalue weighted by atomic mass is 35.5. The number of carbonyl (C=O) groups excluding carboxylic acids is 1. The van der Waals surface area contributed by atoms with Crippen LogP contribution >= 0.6 is 23.2 Å². The Labute approximate surface area is 196 Å². The predicted octanol–water partition coefficient (Wildman–Crippen LogP) is 5.59. The first-order valence-electron chi connectivity index (χ1n) is 10.0. The predicted molar refractivity (Wildman–Crippen MR) is 125 cm³/mol. The second kappa shape index (κ2) is 10.1. The van der Waals surface area contributed by atoms with E-state index in [1.165, 1.54) is 6.92 Å². The number of amides is 1. The molecule has 0 saturated heterocycles. The third-order valence-electron chi connectivity index (χ3n) is 5.18. The monoisotopic (exact) mass is 475 g/mol. The van der Waals surface area contributed by atoms with Crippen molar-refractivity contribution in [3.8, 4) is 11.5 Å². The molecule has 6 nitrogen and oxygen atoms in total. The topological polar surface area (TPSA) is 84.9 Å². The molecule has 0 heterocycles. The van der Waals surface area contributed by atoms with Gasteiger partial charge in [-0.1, -0.05) is 60.5 Å². The number of ether oxygens (including phenoxy) is 2. The summed E-state index contributed by atoms with van der Waals surface area (Å²) >= 11 is 11.9. The number of benzene rings is 3. The summed E-state index contributed by atoms with van der Waals surface area (Å²) in [5.74, 6) is -0.726. The average molecular weight is 476 g/mol. The molecule has 0 aliphatic carbocycles. The van der Waals surface area contributed by atoms with Gasteiger partial charge in [0.2, 0.25) is 0 Å². The van der Waals surface area contributed by atoms with Crippen LogP contribution in [0, 0.1) is 0 Å². The standard InChI is InChI=1S/C24H23Cl2NO5/c1-3-24(2,23(29)30)27-22(28)18-10-8-15-6-4-5-7-17(15)21(18)32-13-12-31-16-9-11-19(25)20(26)14-16/h4-11,14H,3,12-13H2,1-2H3,(H,27,28)(H,29,30). The van der Waals surface area contributed by atoms with Crippen LogP contribution < -0.4 is 14.8 Å². The van der Waals surface area contributed by atoms with Gasteiger partial charge >= 0.3 is 5.97 Å². The number of carboxylic acid groups (broad SMARTS) is 1. The van der Waals surface area contributed by atoms with E-state index in [0.29, 0.717) is 21.5 Å². The minimum Gasteiger partial charge on any atom is -0.490 e. The highest BCUT2D eigenvalue weighted by Gasteiger charge is 2.34. The lowest BCUT2D eigenvalue weighted by molar-refractivity contribution is -0.143. The van der Waals surface area contributed by atoms with Crippen molar-refractivity contribution in [2.45, 2.75) is 25.8 Å². The zero-order chi connectivity index (χ0) is 23.3. The van der Waals surface area contributed by atoms with Gasteiger partial charge < -0.3 is 19.9 Å². The van der Waals surface area contributed by atoms with E-state index in [0.717, 1.165) is 10.8 Å². The second-order valence-electron chi connectivity index (χ2n) is 7.38. The Kier molecular flexibility index (Phi) is 7.48. The van der Waals surface area contributed by atoms with E-state index in [1.807, 2.05) is 24.3 Å². The lowest BCUT2D eigenvalue weighted by Crippen LogP contribution is -2.51. The Morgan fingerprint density at radius 3 is 2.41 bits per heavy atom. The van der Waals surface area contributed by atoms with Crippen LogP contribution in [0.4, 0.5) is 0 Å². The van der Waals surface area contributed by atoms with Crippen molar-refractivity contribution in [2.75, 3.05) is 13.2 Å². The molecule has 3 aromatic carbocycles. The van der Waals surface area contributed by atoms with Crippen LogP contribution in [0.5, 0.6) is 11.5 Å². The van der Waals surface area contributed by atoms with Crippen molar-refractivity contribution in [3.63, 3.8) is 0 Å². The van der Waals surface area contributed by atoms with Crippen molar-refractivity contribution in [3.05, 3.63) is 70.2 Å². The summed E-state index contributed by atoms with van der Waals surface area (Å²) in [7, 11) is 0. The first-order chi connectivity index (χ1) is 15.2. The molecule has 0 radical (unpaired) electrons. The van der Waals surface area contributed by atoms with E-state index in [1.54, 1.807) is 37.3 Å². The van der Waals surface area contributed by atoms with Crippen molar-refractivity contribution in [1.82, 2.24) is 5.32 Å². The molecule has 2 N–H and O–H groups in total. The molecule has 1 atom stereocenters. The van der Waals surface area contributed by atoms with Crippen LogP contribution in [0.25, 0.3) is 10.8 Å². The van der Waals surface area contributed by atoms with Crippen LogP contribution in [-0.2, 0) is 4.79 Å². The second-order valence-corrected chi connectivity index (χ2v) is 8.20. The molecule has 8 heteroatoms. The molecule has 0 aromatic heterocycles. The SMILES string of the molecule is CCC(C)(NC(=O)c1ccc2ccccc2c1OCCOc1ccc(Cl)c(Cl)c1)C(=O)O. The van der Waals surface area contributed by atoms with E-state index in [-0.39, 0.29) is 25.2 Å². The number of fused-ring (bicyclic) bond motifs is 1. The van der Waals surface area contributed by atoms with Gasteiger partial charge in [-0.2, -0.15) is 0 Å². The van der Waals surface area contributed by atoms with Gasteiger partial charge in [0.05, 0.1) is 15.6 Å². The number of hydrogen-bond acceptors (Lipinski definition) is 4. The Morgan fingerprint density at radius 2 is 1.72 bits per heavy atom. The van der Waals surface area contributed by atoms with Crippen molar-refractivity contribution >= 4 is 45.9 Å². The molecule has 0 aliphatic rings. The summed E-state index contributed by atoms with van der Waals surface area (Å²) in [6, 6.07) is 15.9. The highest BCUT2D eigenvalue weighted by Crippen LogP contribution is 2.31. The quantitative estimate of drug-likeness (QED) is 0.394. The van der Waals surface area contributed by atoms with Crippen LogP contribution in [0.1, 0.15) is 30.6 Å². The first-order valence-corrected chi connectivity index (χ1v) is 10.8. The van der Waals surface area contributed by atoms with Crippen LogP contribution in [0.2, 0.25) is 10.0 Å². The summed E-state index contributed by atoms with van der Waals surface area (Å²) in [5, 5.41) is 14.6. The van der Waals surface area contributed by atoms with Gasteiger partial charge in [0.15, 0.2) is 0 Å². The maximum atomic E-state index is 13.0. The zero-order valence-corrected chi connectivity index (χ0v) is 19.2. The molecule has 0 fully saturated rings. The number of carbonyl (C=O) groups is 2. The number of carboxylic acids is 1. The summed E-state index contributed by atoms with van der Waals surface area (Å²) in [6.45, 7) is 3.52. The van der Waals surface area contributed by atoms with E-state index in [4.69, 9.17) is 32.7 Å². The third kappa shape index (κ3) is 5.26. The van der Waals surface area contributed by atoms with Crippen molar-refractivity contribution in [2.24, 2.45) is 0 Å². The van der Waals surface area contributed by atoms with E-state index in [2.05, 4.69) is 5.32 Å². The summed E-state index contributed by atoms with van der Waals surface area (Å²) in [4.78, 5) is 24.6. The fraction of sp³-hybridized carbons (Fsp3) is 0.250. The number of hydrogen-bond donors (Lipinski definition) is 2. The van der Waals surface area contributed by atoms with Gasteiger partial charge in [0.25, 0.3) is 5.91 Å². The maximum absolute atomic E-state index is 13.0. The molecule has 0 bridgehead atoms. The fourth-order valence-electron chi connectivity index (χ4n) is 3.06. The minimum absolute atomic E-state index is 0.151. The largest absolute Gasteiger partial charge is 0.490 e.